The van der Waals surface area contributed by atoms with E-state index in [1.165, 1.54) is 0 Å². The molecule has 1 saturated carbocycles. The number of anilines is 2. The Hall–Kier alpha value is -5.79. The Labute approximate surface area is 346 Å². The number of piperazine rings is 1. The van der Waals surface area contributed by atoms with E-state index in [0.29, 0.717) is 34.0 Å². The lowest BCUT2D eigenvalue weighted by Crippen LogP contribution is -2.63. The van der Waals surface area contributed by atoms with Crippen molar-refractivity contribution < 1.29 is 28.7 Å². The minimum atomic E-state index is -0.772. The van der Waals surface area contributed by atoms with Gasteiger partial charge in [0.25, 0.3) is 17.7 Å². The summed E-state index contributed by atoms with van der Waals surface area (Å²) in [4.78, 5) is 71.0. The number of nitrogens with zero attached hydrogens (tertiary/aromatic N) is 8. The molecule has 59 heavy (non-hydrogen) atoms. The van der Waals surface area contributed by atoms with E-state index in [0.717, 1.165) is 106 Å². The summed E-state index contributed by atoms with van der Waals surface area (Å²) < 4.78 is 6.09. The first-order chi connectivity index (χ1) is 28.6. The highest BCUT2D eigenvalue weighted by Crippen LogP contribution is 2.37. The zero-order valence-corrected chi connectivity index (χ0v) is 33.3. The lowest BCUT2D eigenvalue weighted by molar-refractivity contribution is -0.122. The predicted octanol–water partition coefficient (Wildman–Crippen LogP) is 4.14. The highest BCUT2D eigenvalue weighted by Gasteiger charge is 2.45. The Morgan fingerprint density at radius 2 is 1.64 bits per heavy atom. The van der Waals surface area contributed by atoms with E-state index in [9.17, 15) is 24.0 Å². The molecule has 2 N–H and O–H groups in total. The number of carbonyl (C=O) groups excluding carboxylic acids is 5. The average molecular weight is 821 g/mol. The Balaban J connectivity index is 0.726. The average Bonchev–Trinajstić information content (AvgIpc) is 3.50. The second-order valence-corrected chi connectivity index (χ2v) is 16.8. The molecule has 7 aliphatic rings. The van der Waals surface area contributed by atoms with Gasteiger partial charge in [0.2, 0.25) is 5.91 Å². The fraction of sp³-hybridized carbons (Fsp3) is 0.476. The van der Waals surface area contributed by atoms with Crippen molar-refractivity contribution in [3.8, 4) is 11.8 Å². The number of nitriles is 1. The molecule has 3 aromatic rings. The number of hydrogen-bond acceptors (Lipinski definition) is 12. The number of piperidine rings is 3. The van der Waals surface area contributed by atoms with Gasteiger partial charge in [0.05, 0.1) is 34.4 Å². The Bertz CT molecular complexity index is 2220. The molecular formula is C42H45ClN10O6. The summed E-state index contributed by atoms with van der Waals surface area (Å²) in [5.74, 6) is 0.199. The van der Waals surface area contributed by atoms with E-state index in [4.69, 9.17) is 21.6 Å². The van der Waals surface area contributed by atoms with Crippen LogP contribution >= 0.6 is 11.6 Å². The van der Waals surface area contributed by atoms with Gasteiger partial charge in [-0.05, 0) is 99.7 Å². The molecular weight excluding hydrogens is 776 g/mol. The summed E-state index contributed by atoms with van der Waals surface area (Å²) in [6, 6.07) is 16.1. The molecule has 6 amide bonds. The van der Waals surface area contributed by atoms with Gasteiger partial charge in [-0.2, -0.15) is 10.3 Å². The predicted molar refractivity (Wildman–Crippen MR) is 215 cm³/mol. The van der Waals surface area contributed by atoms with Gasteiger partial charge in [0, 0.05) is 69.0 Å². The summed E-state index contributed by atoms with van der Waals surface area (Å²) in [5, 5.41) is 25.4. The number of benzene rings is 2. The summed E-state index contributed by atoms with van der Waals surface area (Å²) >= 11 is 6.15. The zero-order valence-electron chi connectivity index (χ0n) is 32.5. The Morgan fingerprint density at radius 3 is 2.34 bits per heavy atom. The number of hydrazine groups is 1. The summed E-state index contributed by atoms with van der Waals surface area (Å²) in [6.45, 7) is 4.50. The number of aromatic nitrogens is 2. The third-order valence-corrected chi connectivity index (χ3v) is 13.1. The van der Waals surface area contributed by atoms with Crippen LogP contribution in [-0.4, -0.2) is 118 Å². The lowest BCUT2D eigenvalue weighted by atomic mass is 9.87. The van der Waals surface area contributed by atoms with Crippen LogP contribution in [0.3, 0.4) is 0 Å². The smallest absolute Gasteiger partial charge is 0.343 e. The standard InChI is InChI=1S/C42H45ClN10O6/c43-35-20-32(7-1-26(35)21-44)59-31-8-2-27(3-9-31)45-39(55)36-11-12-37(48-47-36)49-16-13-25(14-17-49)22-50-23-30-5-4-29(50)24-51(30)28-6-10-33-34(19-28)41(57)53(40(33)56)52-18-15-38(54)46-42(52)58/h1,6-7,10-12,19-20,25,27,29-31H,2-5,8-9,13-18,22-24H2,(H,45,55)(H,46,54,58). The second-order valence-electron chi connectivity index (χ2n) is 16.4. The fourth-order valence-electron chi connectivity index (χ4n) is 9.54. The molecule has 6 aliphatic heterocycles. The molecule has 2 unspecified atom stereocenters. The number of hydrogen-bond donors (Lipinski definition) is 2. The molecule has 1 aliphatic carbocycles. The molecule has 0 spiro atoms. The number of rotatable bonds is 9. The van der Waals surface area contributed by atoms with Crippen molar-refractivity contribution in [1.29, 1.82) is 5.26 Å². The number of nitrogens with one attached hydrogen (secondary N) is 2. The highest BCUT2D eigenvalue weighted by atomic mass is 35.5. The van der Waals surface area contributed by atoms with Crippen LogP contribution < -0.4 is 25.2 Å². The van der Waals surface area contributed by atoms with Gasteiger partial charge in [-0.1, -0.05) is 11.6 Å². The number of fused-ring (bicyclic) bond motifs is 4. The number of halogens is 1. The lowest BCUT2D eigenvalue weighted by Gasteiger charge is -2.53. The van der Waals surface area contributed by atoms with Crippen molar-refractivity contribution in [3.05, 3.63) is 75.9 Å². The SMILES string of the molecule is N#Cc1ccc(OC2CCC(NC(=O)c3ccc(N4CCC(CN5CC6CCC5CN6c5ccc6c(c5)C(=O)N(N5CCC(=O)NC5=O)C6=O)CC4)nn3)CC2)cc1Cl. The number of imide groups is 2. The van der Waals surface area contributed by atoms with Gasteiger partial charge >= 0.3 is 6.03 Å². The molecule has 2 atom stereocenters. The van der Waals surface area contributed by atoms with Crippen molar-refractivity contribution in [1.82, 2.24) is 35.7 Å². The topological polar surface area (TPSA) is 184 Å². The van der Waals surface area contributed by atoms with Crippen molar-refractivity contribution >= 4 is 52.8 Å². The van der Waals surface area contributed by atoms with Crippen LogP contribution in [0.15, 0.2) is 48.5 Å². The quantitative estimate of drug-likeness (QED) is 0.295. The van der Waals surface area contributed by atoms with Gasteiger partial charge in [0.15, 0.2) is 11.5 Å². The molecule has 5 saturated heterocycles. The van der Waals surface area contributed by atoms with Gasteiger partial charge in [-0.15, -0.1) is 10.2 Å². The number of amides is 6. The molecule has 2 aromatic carbocycles. The molecule has 306 valence electrons. The third-order valence-electron chi connectivity index (χ3n) is 12.8. The second kappa shape index (κ2) is 16.1. The first-order valence-corrected chi connectivity index (χ1v) is 20.9. The van der Waals surface area contributed by atoms with Crippen LogP contribution in [0.4, 0.5) is 16.3 Å². The van der Waals surface area contributed by atoms with Crippen molar-refractivity contribution in [2.24, 2.45) is 5.92 Å². The van der Waals surface area contributed by atoms with Gasteiger partial charge in [-0.25, -0.2) is 9.80 Å². The first-order valence-electron chi connectivity index (χ1n) is 20.5. The maximum atomic E-state index is 13.4. The van der Waals surface area contributed by atoms with E-state index in [-0.39, 0.29) is 48.2 Å². The number of ether oxygens (including phenoxy) is 1. The van der Waals surface area contributed by atoms with Gasteiger partial charge < -0.3 is 19.9 Å². The largest absolute Gasteiger partial charge is 0.490 e. The van der Waals surface area contributed by atoms with E-state index in [1.807, 2.05) is 12.1 Å². The van der Waals surface area contributed by atoms with E-state index in [1.54, 1.807) is 36.4 Å². The zero-order chi connectivity index (χ0) is 40.8. The minimum Gasteiger partial charge on any atom is -0.490 e. The first kappa shape index (κ1) is 38.7. The van der Waals surface area contributed by atoms with Gasteiger partial charge in [-0.3, -0.25) is 29.4 Å². The summed E-state index contributed by atoms with van der Waals surface area (Å²) in [7, 11) is 0. The van der Waals surface area contributed by atoms with Crippen LogP contribution in [0, 0.1) is 17.2 Å². The van der Waals surface area contributed by atoms with Crippen LogP contribution in [0.1, 0.15) is 94.6 Å². The fourth-order valence-corrected chi connectivity index (χ4v) is 9.76. The van der Waals surface area contributed by atoms with Crippen molar-refractivity contribution in [3.63, 3.8) is 0 Å². The third kappa shape index (κ3) is 7.76. The number of urea groups is 1. The van der Waals surface area contributed by atoms with Crippen LogP contribution in [0.2, 0.25) is 5.02 Å². The molecule has 10 rings (SSSR count). The van der Waals surface area contributed by atoms with E-state index >= 15 is 0 Å². The maximum absolute atomic E-state index is 13.4. The monoisotopic (exact) mass is 820 g/mol. The van der Waals surface area contributed by atoms with Crippen molar-refractivity contribution in [2.75, 3.05) is 49.1 Å². The van der Waals surface area contributed by atoms with E-state index < -0.39 is 23.8 Å². The summed E-state index contributed by atoms with van der Waals surface area (Å²) in [6.07, 6.45) is 7.41. The normalized spacial score (nSPS) is 24.9. The maximum Gasteiger partial charge on any atom is 0.343 e. The summed E-state index contributed by atoms with van der Waals surface area (Å²) in [5.41, 5.74) is 2.15. The van der Waals surface area contributed by atoms with Crippen LogP contribution in [0.5, 0.6) is 5.75 Å². The molecule has 17 heteroatoms. The molecule has 0 radical (unpaired) electrons. The molecule has 2 bridgehead atoms. The molecule has 16 nitrogen and oxygen atoms in total. The van der Waals surface area contributed by atoms with Crippen LogP contribution in [-0.2, 0) is 4.79 Å². The Kier molecular flexibility index (Phi) is 10.6. The van der Waals surface area contributed by atoms with Gasteiger partial charge in [0.1, 0.15) is 11.8 Å². The van der Waals surface area contributed by atoms with Crippen LogP contribution in [0.25, 0.3) is 0 Å². The molecule has 7 heterocycles. The highest BCUT2D eigenvalue weighted by molar-refractivity contribution is 6.31. The van der Waals surface area contributed by atoms with E-state index in [2.05, 4.69) is 41.6 Å². The molecule has 6 fully saturated rings. The minimum absolute atomic E-state index is 0.0168. The van der Waals surface area contributed by atoms with Crippen molar-refractivity contribution in [2.45, 2.75) is 82.0 Å². The molecule has 1 aromatic heterocycles. The Morgan fingerprint density at radius 1 is 0.864 bits per heavy atom. The number of carbonyl (C=O) groups is 5.